The number of aromatic nitrogens is 2. The third kappa shape index (κ3) is 2.12. The second-order valence-electron chi connectivity index (χ2n) is 6.35. The number of amides is 1. The molecular weight excluding hydrogens is 281 g/mol. The minimum Gasteiger partial charge on any atom is -0.341 e. The van der Waals surface area contributed by atoms with Crippen LogP contribution in [-0.4, -0.2) is 33.7 Å². The van der Waals surface area contributed by atoms with Crippen molar-refractivity contribution < 1.29 is 9.18 Å². The van der Waals surface area contributed by atoms with Crippen molar-refractivity contribution in [1.29, 1.82) is 0 Å². The van der Waals surface area contributed by atoms with Gasteiger partial charge in [-0.25, -0.2) is 4.39 Å². The number of halogens is 1. The maximum atomic E-state index is 13.7. The highest BCUT2D eigenvalue weighted by Gasteiger charge is 2.43. The van der Waals surface area contributed by atoms with Crippen molar-refractivity contribution in [2.45, 2.75) is 18.8 Å². The molecule has 1 fully saturated rings. The summed E-state index contributed by atoms with van der Waals surface area (Å²) in [5, 5.41) is 4.54. The average Bonchev–Trinajstić information content (AvgIpc) is 3.11. The number of hydrogen-bond donors (Lipinski definition) is 0. The molecule has 0 spiro atoms. The zero-order chi connectivity index (χ0) is 15.3. The first-order valence-electron chi connectivity index (χ1n) is 7.65. The van der Waals surface area contributed by atoms with Crippen LogP contribution in [0.15, 0.2) is 30.5 Å². The first-order chi connectivity index (χ1) is 10.6. The Hall–Kier alpha value is -2.17. The van der Waals surface area contributed by atoms with Crippen molar-refractivity contribution in [3.8, 4) is 0 Å². The van der Waals surface area contributed by atoms with E-state index in [0.29, 0.717) is 23.9 Å². The topological polar surface area (TPSA) is 38.1 Å². The van der Waals surface area contributed by atoms with Crippen LogP contribution in [0, 0.1) is 11.7 Å². The standard InChI is InChI=1S/C17H18FN3O/c1-20-8-13-6-12-9-21(10-14(12)17(13)19-20)16(22)7-11-4-2-3-5-15(11)18/h2-5,8,12,14H,6-7,9-10H2,1H3/t12-,14+/m1/s1. The first-order valence-corrected chi connectivity index (χ1v) is 7.65. The van der Waals surface area contributed by atoms with E-state index < -0.39 is 0 Å². The van der Waals surface area contributed by atoms with E-state index in [0.717, 1.165) is 18.7 Å². The summed E-state index contributed by atoms with van der Waals surface area (Å²) in [6, 6.07) is 6.50. The second kappa shape index (κ2) is 4.93. The van der Waals surface area contributed by atoms with Gasteiger partial charge in [0.15, 0.2) is 0 Å². The predicted octanol–water partition coefficient (Wildman–Crippen LogP) is 1.90. The van der Waals surface area contributed by atoms with Crippen molar-refractivity contribution in [3.05, 3.63) is 53.1 Å². The average molecular weight is 299 g/mol. The molecule has 1 amide bonds. The van der Waals surface area contributed by atoms with Crippen molar-refractivity contribution >= 4 is 5.91 Å². The van der Waals surface area contributed by atoms with Crippen molar-refractivity contribution in [1.82, 2.24) is 14.7 Å². The lowest BCUT2D eigenvalue weighted by molar-refractivity contribution is -0.129. The fraction of sp³-hybridized carbons (Fsp3) is 0.412. The molecule has 4 nitrogen and oxygen atoms in total. The molecule has 1 aliphatic heterocycles. The number of likely N-dealkylation sites (tertiary alicyclic amines) is 1. The van der Waals surface area contributed by atoms with Crippen LogP contribution in [0.3, 0.4) is 0 Å². The third-order valence-electron chi connectivity index (χ3n) is 4.86. The Kier molecular flexibility index (Phi) is 3.03. The minimum atomic E-state index is -0.303. The largest absolute Gasteiger partial charge is 0.341 e. The molecule has 2 heterocycles. The molecule has 1 aromatic carbocycles. The number of carbonyl (C=O) groups is 1. The zero-order valence-electron chi connectivity index (χ0n) is 12.5. The highest BCUT2D eigenvalue weighted by Crippen LogP contribution is 2.42. The zero-order valence-corrected chi connectivity index (χ0v) is 12.5. The summed E-state index contributed by atoms with van der Waals surface area (Å²) in [7, 11) is 1.93. The molecule has 1 aliphatic carbocycles. The van der Waals surface area contributed by atoms with Crippen LogP contribution in [0.1, 0.15) is 22.7 Å². The van der Waals surface area contributed by atoms with E-state index in [1.807, 2.05) is 16.6 Å². The van der Waals surface area contributed by atoms with E-state index >= 15 is 0 Å². The number of aryl methyl sites for hydroxylation is 1. The van der Waals surface area contributed by atoms with Crippen LogP contribution >= 0.6 is 0 Å². The van der Waals surface area contributed by atoms with E-state index in [2.05, 4.69) is 11.3 Å². The SMILES string of the molecule is Cn1cc2c(n1)[C@H]1CN(C(=O)Cc3ccccc3F)C[C@H]1C2. The van der Waals surface area contributed by atoms with Crippen LogP contribution in [0.4, 0.5) is 4.39 Å². The van der Waals surface area contributed by atoms with E-state index in [-0.39, 0.29) is 18.1 Å². The van der Waals surface area contributed by atoms with Gasteiger partial charge < -0.3 is 4.90 Å². The van der Waals surface area contributed by atoms with Gasteiger partial charge in [-0.05, 0) is 29.5 Å². The quantitative estimate of drug-likeness (QED) is 0.849. The van der Waals surface area contributed by atoms with Gasteiger partial charge in [-0.15, -0.1) is 0 Å². The summed E-state index contributed by atoms with van der Waals surface area (Å²) >= 11 is 0. The molecule has 1 saturated heterocycles. The molecular formula is C17H18FN3O. The maximum absolute atomic E-state index is 13.7. The third-order valence-corrected chi connectivity index (χ3v) is 4.86. The summed E-state index contributed by atoms with van der Waals surface area (Å²) < 4.78 is 15.5. The summed E-state index contributed by atoms with van der Waals surface area (Å²) in [5.74, 6) is 0.531. The fourth-order valence-corrected chi connectivity index (χ4v) is 3.81. The molecule has 1 aromatic heterocycles. The number of rotatable bonds is 2. The predicted molar refractivity (Wildman–Crippen MR) is 79.8 cm³/mol. The Labute approximate surface area is 128 Å². The van der Waals surface area contributed by atoms with Gasteiger partial charge in [-0.3, -0.25) is 9.48 Å². The second-order valence-corrected chi connectivity index (χ2v) is 6.35. The molecule has 2 atom stereocenters. The number of carbonyl (C=O) groups excluding carboxylic acids is 1. The number of benzene rings is 1. The van der Waals surface area contributed by atoms with E-state index in [1.54, 1.807) is 18.2 Å². The van der Waals surface area contributed by atoms with Gasteiger partial charge in [0, 0.05) is 32.3 Å². The monoisotopic (exact) mass is 299 g/mol. The summed E-state index contributed by atoms with van der Waals surface area (Å²) in [6.45, 7) is 1.47. The van der Waals surface area contributed by atoms with Gasteiger partial charge in [-0.2, -0.15) is 5.10 Å². The van der Waals surface area contributed by atoms with E-state index in [1.165, 1.54) is 11.6 Å². The Balaban J connectivity index is 1.48. The van der Waals surface area contributed by atoms with Gasteiger partial charge in [0.1, 0.15) is 5.82 Å². The van der Waals surface area contributed by atoms with Crippen LogP contribution in [0.5, 0.6) is 0 Å². The molecule has 5 heteroatoms. The molecule has 2 aromatic rings. The molecule has 4 rings (SSSR count). The molecule has 0 N–H and O–H groups in total. The molecule has 0 bridgehead atoms. The highest BCUT2D eigenvalue weighted by atomic mass is 19.1. The van der Waals surface area contributed by atoms with Crippen LogP contribution in [0.25, 0.3) is 0 Å². The smallest absolute Gasteiger partial charge is 0.227 e. The highest BCUT2D eigenvalue weighted by molar-refractivity contribution is 5.79. The van der Waals surface area contributed by atoms with E-state index in [9.17, 15) is 9.18 Å². The van der Waals surface area contributed by atoms with Crippen LogP contribution < -0.4 is 0 Å². The van der Waals surface area contributed by atoms with Crippen LogP contribution in [0.2, 0.25) is 0 Å². The summed E-state index contributed by atoms with van der Waals surface area (Å²) in [6.07, 6.45) is 3.22. The Morgan fingerprint density at radius 3 is 3.00 bits per heavy atom. The molecule has 0 radical (unpaired) electrons. The summed E-state index contributed by atoms with van der Waals surface area (Å²) in [4.78, 5) is 14.3. The first kappa shape index (κ1) is 13.5. The Morgan fingerprint density at radius 2 is 2.18 bits per heavy atom. The number of fused-ring (bicyclic) bond motifs is 3. The lowest BCUT2D eigenvalue weighted by atomic mass is 9.99. The van der Waals surface area contributed by atoms with Crippen LogP contribution in [-0.2, 0) is 24.7 Å². The Bertz CT molecular complexity index is 739. The van der Waals surface area contributed by atoms with Gasteiger partial charge in [0.2, 0.25) is 5.91 Å². The number of nitrogens with zero attached hydrogens (tertiary/aromatic N) is 3. The van der Waals surface area contributed by atoms with Gasteiger partial charge in [0.05, 0.1) is 12.1 Å². The van der Waals surface area contributed by atoms with Crippen molar-refractivity contribution in [2.24, 2.45) is 13.0 Å². The van der Waals surface area contributed by atoms with Gasteiger partial charge in [-0.1, -0.05) is 18.2 Å². The summed E-state index contributed by atoms with van der Waals surface area (Å²) in [5.41, 5.74) is 2.94. The molecule has 114 valence electrons. The number of hydrogen-bond acceptors (Lipinski definition) is 2. The van der Waals surface area contributed by atoms with Crippen molar-refractivity contribution in [2.75, 3.05) is 13.1 Å². The molecule has 22 heavy (non-hydrogen) atoms. The fourth-order valence-electron chi connectivity index (χ4n) is 3.81. The maximum Gasteiger partial charge on any atom is 0.227 e. The molecule has 0 unspecified atom stereocenters. The lowest BCUT2D eigenvalue weighted by Crippen LogP contribution is -2.31. The Morgan fingerprint density at radius 1 is 1.36 bits per heavy atom. The molecule has 0 saturated carbocycles. The normalized spacial score (nSPS) is 22.7. The van der Waals surface area contributed by atoms with Crippen molar-refractivity contribution in [3.63, 3.8) is 0 Å². The van der Waals surface area contributed by atoms with Gasteiger partial charge >= 0.3 is 0 Å². The lowest BCUT2D eigenvalue weighted by Gasteiger charge is -2.17. The minimum absolute atomic E-state index is 0.0111. The van der Waals surface area contributed by atoms with Gasteiger partial charge in [0.25, 0.3) is 0 Å². The van der Waals surface area contributed by atoms with E-state index in [4.69, 9.17) is 0 Å². The molecule has 2 aliphatic rings.